The lowest BCUT2D eigenvalue weighted by Gasteiger charge is -2.27. The van der Waals surface area contributed by atoms with E-state index < -0.39 is 0 Å². The first-order valence-corrected chi connectivity index (χ1v) is 32.0. The van der Waals surface area contributed by atoms with Crippen LogP contribution in [0.25, 0.3) is 126 Å². The number of anilines is 2. The summed E-state index contributed by atoms with van der Waals surface area (Å²) in [5.41, 5.74) is 23.6. The highest BCUT2D eigenvalue weighted by Gasteiger charge is 2.39. The number of allylic oxidation sites excluding steroid dienone is 8. The fourth-order valence-electron chi connectivity index (χ4n) is 13.5. The lowest BCUT2D eigenvalue weighted by molar-refractivity contribution is 0.731. The minimum absolute atomic E-state index is 0.0732. The molecule has 7 nitrogen and oxygen atoms in total. The number of nitrogens with zero attached hydrogens (tertiary/aromatic N) is 7. The van der Waals surface area contributed by atoms with Crippen molar-refractivity contribution in [3.63, 3.8) is 0 Å². The topological polar surface area (TPSA) is 63.5 Å². The molecule has 0 saturated carbocycles. The molecule has 14 aromatic rings. The van der Waals surface area contributed by atoms with E-state index in [1.54, 1.807) is 12.1 Å². The van der Waals surface area contributed by atoms with Gasteiger partial charge in [-0.15, -0.1) is 0 Å². The molecule has 444 valence electrons. The van der Waals surface area contributed by atoms with Gasteiger partial charge in [0, 0.05) is 40.4 Å². The Hall–Kier alpha value is -12.5. The summed E-state index contributed by atoms with van der Waals surface area (Å²) in [7, 11) is 0. The maximum Gasteiger partial charge on any atom is 0.231 e. The SMILES string of the molecule is [C+]1=CC2=C(C=C1)c1cc3ccccc3cc1C2.[C-]#[N+]c1ccc(-c2nc(Cl)nc3ccc(-c4ccc(-c5ccccc5)cc4)cc23)cc1.[C-]#[N+]c1ccc(-c2nc(N3c4cc5ccccc5cc4C4C=CC=CC43)nc3ccc(-c4ccc(-c5ccccc5)cc4)cc23)cc1. The normalized spacial score (nSPS) is 14.4. The average Bonchev–Trinajstić information content (AvgIpc) is 1.64. The van der Waals surface area contributed by atoms with E-state index in [0.717, 1.165) is 78.7 Å². The standard InChI is InChI=1S/C43H28N4.C27H16ClN3.C17H11/c1-44-35-22-19-31(20-23-35)42-38-26-34(30-17-15-29(16-18-30)28-9-3-2-4-10-28)21-24-39(38)45-43(46-42)47-40-14-8-7-13-36(40)37-25-32-11-5-6-12-33(32)27-41(37)47;1-29-23-14-11-21(12-15-23)26-24-17-22(13-16-25(24)30-27(28)31-26)20-9-7-19(8-10-20)18-5-3-2-4-6-18;1-2-6-13-11-17-15(9-12(13)5-1)10-14-7-3-4-8-16(14)17/h2-27,36,40H;2-17H;1-2,4-9,11H,10H2/q;;+1. The first-order chi connectivity index (χ1) is 46.9. The fourth-order valence-corrected chi connectivity index (χ4v) is 13.7. The number of hydrogen-bond acceptors (Lipinski definition) is 5. The van der Waals surface area contributed by atoms with Crippen molar-refractivity contribution in [3.8, 4) is 67.0 Å². The van der Waals surface area contributed by atoms with E-state index in [4.69, 9.17) is 34.7 Å². The smallest absolute Gasteiger partial charge is 0.231 e. The molecule has 0 spiro atoms. The molecule has 0 amide bonds. The van der Waals surface area contributed by atoms with Crippen molar-refractivity contribution in [1.29, 1.82) is 0 Å². The minimum Gasteiger partial charge on any atom is -0.302 e. The van der Waals surface area contributed by atoms with E-state index in [-0.39, 0.29) is 17.2 Å². The van der Waals surface area contributed by atoms with E-state index in [2.05, 4.69) is 255 Å². The van der Waals surface area contributed by atoms with Gasteiger partial charge in [0.05, 0.1) is 58.8 Å². The largest absolute Gasteiger partial charge is 0.302 e. The van der Waals surface area contributed by atoms with E-state index in [0.29, 0.717) is 17.3 Å². The maximum absolute atomic E-state index is 7.48. The molecule has 0 N–H and O–H groups in total. The molecule has 4 aliphatic rings. The van der Waals surface area contributed by atoms with Gasteiger partial charge >= 0.3 is 0 Å². The Morgan fingerprint density at radius 2 is 0.895 bits per heavy atom. The van der Waals surface area contributed by atoms with Gasteiger partial charge in [-0.1, -0.05) is 243 Å². The Labute approximate surface area is 556 Å². The molecule has 0 bridgehead atoms. The first-order valence-electron chi connectivity index (χ1n) is 31.6. The van der Waals surface area contributed by atoms with Crippen LogP contribution in [0.1, 0.15) is 22.6 Å². The highest BCUT2D eigenvalue weighted by Crippen LogP contribution is 2.49. The van der Waals surface area contributed by atoms with Gasteiger partial charge in [-0.05, 0) is 148 Å². The molecule has 12 aromatic carbocycles. The van der Waals surface area contributed by atoms with Crippen molar-refractivity contribution in [2.75, 3.05) is 4.90 Å². The molecule has 0 radical (unpaired) electrons. The Morgan fingerprint density at radius 3 is 1.46 bits per heavy atom. The molecule has 8 heteroatoms. The van der Waals surface area contributed by atoms with Gasteiger partial charge in [0.1, 0.15) is 12.2 Å². The number of halogens is 1. The van der Waals surface area contributed by atoms with Crippen LogP contribution in [0.4, 0.5) is 23.0 Å². The van der Waals surface area contributed by atoms with Crippen LogP contribution in [-0.4, -0.2) is 26.0 Å². The predicted octanol–water partition coefficient (Wildman–Crippen LogP) is 23.0. The zero-order valence-electron chi connectivity index (χ0n) is 51.3. The van der Waals surface area contributed by atoms with Gasteiger partial charge in [0.25, 0.3) is 0 Å². The van der Waals surface area contributed by atoms with Crippen LogP contribution in [0, 0.1) is 19.2 Å². The Kier molecular flexibility index (Phi) is 15.1. The molecule has 2 atom stereocenters. The van der Waals surface area contributed by atoms with Crippen molar-refractivity contribution in [2.45, 2.75) is 18.4 Å². The van der Waals surface area contributed by atoms with Crippen LogP contribution in [0.5, 0.6) is 0 Å². The molecule has 3 heterocycles. The minimum atomic E-state index is 0.0732. The van der Waals surface area contributed by atoms with Crippen molar-refractivity contribution < 1.29 is 0 Å². The fraction of sp³-hybridized carbons (Fsp3) is 0.0345. The predicted molar refractivity (Wildman–Crippen MR) is 392 cm³/mol. The first kappa shape index (κ1) is 57.7. The van der Waals surface area contributed by atoms with Crippen LogP contribution in [0.2, 0.25) is 5.28 Å². The van der Waals surface area contributed by atoms with E-state index in [9.17, 15) is 0 Å². The quantitative estimate of drug-likeness (QED) is 0.118. The van der Waals surface area contributed by atoms with Gasteiger partial charge in [-0.25, -0.2) is 29.6 Å². The van der Waals surface area contributed by atoms with Crippen LogP contribution >= 0.6 is 11.6 Å². The van der Waals surface area contributed by atoms with Gasteiger partial charge in [-0.3, -0.25) is 0 Å². The molecule has 18 rings (SSSR count). The number of aromatic nitrogens is 4. The van der Waals surface area contributed by atoms with Crippen LogP contribution < -0.4 is 4.90 Å². The summed E-state index contributed by atoms with van der Waals surface area (Å²) in [5.74, 6) is 0.882. The molecule has 2 aromatic heterocycles. The monoisotopic (exact) mass is 1230 g/mol. The summed E-state index contributed by atoms with van der Waals surface area (Å²) in [6.45, 7) is 14.6. The molecular weight excluding hydrogens is 1180 g/mol. The van der Waals surface area contributed by atoms with E-state index in [1.807, 2.05) is 72.8 Å². The number of rotatable bonds is 7. The number of hydrogen-bond donors (Lipinski definition) is 0. The molecule has 95 heavy (non-hydrogen) atoms. The van der Waals surface area contributed by atoms with Gasteiger partial charge in [0.15, 0.2) is 11.4 Å². The molecule has 0 saturated heterocycles. The summed E-state index contributed by atoms with van der Waals surface area (Å²) < 4.78 is 0. The molecule has 1 aliphatic heterocycles. The van der Waals surface area contributed by atoms with Gasteiger partial charge in [0.2, 0.25) is 11.2 Å². The second kappa shape index (κ2) is 25.0. The third-order valence-electron chi connectivity index (χ3n) is 18.3. The summed E-state index contributed by atoms with van der Waals surface area (Å²) in [6, 6.07) is 92.1. The summed E-state index contributed by atoms with van der Waals surface area (Å²) in [5, 5.41) is 7.19. The van der Waals surface area contributed by atoms with Crippen LogP contribution in [0.15, 0.2) is 315 Å². The van der Waals surface area contributed by atoms with E-state index >= 15 is 0 Å². The molecule has 0 fully saturated rings. The second-order valence-corrected chi connectivity index (χ2v) is 24.3. The maximum atomic E-state index is 7.48. The van der Waals surface area contributed by atoms with Crippen LogP contribution in [0.3, 0.4) is 0 Å². The lowest BCUT2D eigenvalue weighted by atomic mass is 9.90. The zero-order valence-corrected chi connectivity index (χ0v) is 52.1. The molecule has 2 unspecified atom stereocenters. The Balaban J connectivity index is 0.000000126. The van der Waals surface area contributed by atoms with Crippen molar-refractivity contribution >= 4 is 83.5 Å². The third-order valence-corrected chi connectivity index (χ3v) is 18.4. The van der Waals surface area contributed by atoms with Gasteiger partial charge < -0.3 is 4.90 Å². The average molecular weight is 1230 g/mol. The number of fused-ring (bicyclic) bond motifs is 9. The van der Waals surface area contributed by atoms with Crippen molar-refractivity contribution in [2.24, 2.45) is 0 Å². The van der Waals surface area contributed by atoms with Crippen LogP contribution in [-0.2, 0) is 6.42 Å². The molecular formula is C87H55ClN7+. The Morgan fingerprint density at radius 1 is 0.432 bits per heavy atom. The highest BCUT2D eigenvalue weighted by atomic mass is 35.5. The lowest BCUT2D eigenvalue weighted by Crippen LogP contribution is -2.30. The summed E-state index contributed by atoms with van der Waals surface area (Å²) >= 11 is 6.19. The van der Waals surface area contributed by atoms with Crippen molar-refractivity contribution in [3.05, 3.63) is 366 Å². The summed E-state index contributed by atoms with van der Waals surface area (Å²) in [6.07, 6.45) is 19.3. The number of benzene rings is 12. The Bertz CT molecular complexity index is 5580. The summed E-state index contributed by atoms with van der Waals surface area (Å²) in [4.78, 5) is 28.9. The van der Waals surface area contributed by atoms with Gasteiger partial charge in [-0.2, -0.15) is 0 Å². The van der Waals surface area contributed by atoms with E-state index in [1.165, 1.54) is 71.6 Å². The zero-order chi connectivity index (χ0) is 63.8. The second-order valence-electron chi connectivity index (χ2n) is 23.9. The molecule has 3 aliphatic carbocycles. The van der Waals surface area contributed by atoms with Crippen molar-refractivity contribution in [1.82, 2.24) is 19.9 Å². The third kappa shape index (κ3) is 11.3. The highest BCUT2D eigenvalue weighted by molar-refractivity contribution is 6.29.